The minimum Gasteiger partial charge on any atom is -0.385 e. The summed E-state index contributed by atoms with van der Waals surface area (Å²) >= 11 is 5.30. The van der Waals surface area contributed by atoms with E-state index in [9.17, 15) is 0 Å². The van der Waals surface area contributed by atoms with Gasteiger partial charge in [0, 0.05) is 50.9 Å². The first kappa shape index (κ1) is 11.7. The van der Waals surface area contributed by atoms with E-state index in [1.54, 1.807) is 7.11 Å². The fourth-order valence-corrected chi connectivity index (χ4v) is 2.23. The van der Waals surface area contributed by atoms with Crippen molar-refractivity contribution in [1.82, 2.24) is 15.3 Å². The lowest BCUT2D eigenvalue weighted by Gasteiger charge is -2.17. The molecule has 0 saturated heterocycles. The average molecular weight is 239 g/mol. The van der Waals surface area contributed by atoms with Crippen LogP contribution >= 0.6 is 12.2 Å². The molecule has 0 unspecified atom stereocenters. The van der Waals surface area contributed by atoms with Crippen molar-refractivity contribution >= 4 is 12.2 Å². The van der Waals surface area contributed by atoms with Gasteiger partial charge in [-0.1, -0.05) is 12.2 Å². The molecule has 0 saturated carbocycles. The van der Waals surface area contributed by atoms with Gasteiger partial charge in [-0.15, -0.1) is 0 Å². The van der Waals surface area contributed by atoms with Crippen molar-refractivity contribution in [2.45, 2.75) is 25.8 Å². The van der Waals surface area contributed by atoms with Gasteiger partial charge in [-0.2, -0.15) is 0 Å². The van der Waals surface area contributed by atoms with Gasteiger partial charge in [-0.25, -0.2) is 4.98 Å². The van der Waals surface area contributed by atoms with Crippen LogP contribution in [0.4, 0.5) is 0 Å². The Morgan fingerprint density at radius 3 is 3.19 bits per heavy atom. The first-order chi connectivity index (χ1) is 7.81. The minimum atomic E-state index is 0.744. The Morgan fingerprint density at radius 2 is 2.38 bits per heavy atom. The van der Waals surface area contributed by atoms with E-state index in [4.69, 9.17) is 17.0 Å². The molecule has 0 aromatic carbocycles. The summed E-state index contributed by atoms with van der Waals surface area (Å²) in [5, 5.41) is 3.31. The summed E-state index contributed by atoms with van der Waals surface area (Å²) in [5.41, 5.74) is 2.42. The highest BCUT2D eigenvalue weighted by atomic mass is 32.1. The standard InChI is InChI=1S/C11H17N3OS/c1-15-6-2-3-10-13-9-4-5-12-7-8(9)11(16)14-10/h12H,2-7H2,1H3,(H,13,14,16). The summed E-state index contributed by atoms with van der Waals surface area (Å²) < 4.78 is 5.77. The van der Waals surface area contributed by atoms with E-state index in [-0.39, 0.29) is 0 Å². The summed E-state index contributed by atoms with van der Waals surface area (Å²) in [6.07, 6.45) is 2.89. The molecule has 2 heterocycles. The molecule has 1 aliphatic rings. The molecule has 0 bridgehead atoms. The summed E-state index contributed by atoms with van der Waals surface area (Å²) in [7, 11) is 1.72. The summed E-state index contributed by atoms with van der Waals surface area (Å²) in [4.78, 5) is 7.81. The van der Waals surface area contributed by atoms with Gasteiger partial charge in [0.15, 0.2) is 0 Å². The number of fused-ring (bicyclic) bond motifs is 1. The summed E-state index contributed by atoms with van der Waals surface area (Å²) in [5.74, 6) is 0.989. The van der Waals surface area contributed by atoms with Gasteiger partial charge in [0.1, 0.15) is 10.5 Å². The first-order valence-corrected chi connectivity index (χ1v) is 6.02. The molecule has 0 aliphatic carbocycles. The number of aromatic nitrogens is 2. The largest absolute Gasteiger partial charge is 0.385 e. The van der Waals surface area contributed by atoms with Gasteiger partial charge < -0.3 is 15.0 Å². The molecule has 4 nitrogen and oxygen atoms in total. The first-order valence-electron chi connectivity index (χ1n) is 5.62. The van der Waals surface area contributed by atoms with Crippen LogP contribution in [-0.2, 0) is 24.1 Å². The second-order valence-corrected chi connectivity index (χ2v) is 4.36. The Labute approximate surface area is 100 Å². The van der Waals surface area contributed by atoms with Crippen molar-refractivity contribution in [3.05, 3.63) is 21.7 Å². The van der Waals surface area contributed by atoms with E-state index in [1.807, 2.05) is 0 Å². The molecular formula is C11H17N3OS. The molecule has 1 aromatic rings. The molecule has 2 N–H and O–H groups in total. The zero-order chi connectivity index (χ0) is 11.4. The van der Waals surface area contributed by atoms with Gasteiger partial charge >= 0.3 is 0 Å². The lowest BCUT2D eigenvalue weighted by molar-refractivity contribution is 0.194. The summed E-state index contributed by atoms with van der Waals surface area (Å²) in [6.45, 7) is 2.62. The number of hydrogen-bond acceptors (Lipinski definition) is 4. The van der Waals surface area contributed by atoms with Gasteiger partial charge in [0.25, 0.3) is 0 Å². The topological polar surface area (TPSA) is 49.9 Å². The number of methoxy groups -OCH3 is 1. The highest BCUT2D eigenvalue weighted by Gasteiger charge is 2.12. The quantitative estimate of drug-likeness (QED) is 0.615. The Balaban J connectivity index is 2.15. The van der Waals surface area contributed by atoms with Gasteiger partial charge in [-0.05, 0) is 6.42 Å². The number of aryl methyl sites for hydroxylation is 1. The van der Waals surface area contributed by atoms with Crippen LogP contribution in [0.2, 0.25) is 0 Å². The number of hydrogen-bond donors (Lipinski definition) is 2. The van der Waals surface area contributed by atoms with Crippen molar-refractivity contribution in [3.63, 3.8) is 0 Å². The maximum absolute atomic E-state index is 5.30. The third kappa shape index (κ3) is 2.66. The Bertz CT molecular complexity index is 416. The van der Waals surface area contributed by atoms with Crippen LogP contribution in [0.25, 0.3) is 0 Å². The van der Waals surface area contributed by atoms with Crippen LogP contribution in [0.15, 0.2) is 0 Å². The normalized spacial score (nSPS) is 14.8. The monoisotopic (exact) mass is 239 g/mol. The number of ether oxygens (including phenoxy) is 1. The molecule has 0 fully saturated rings. The van der Waals surface area contributed by atoms with Gasteiger partial charge in [-0.3, -0.25) is 0 Å². The van der Waals surface area contributed by atoms with E-state index in [0.29, 0.717) is 0 Å². The predicted molar refractivity (Wildman–Crippen MR) is 65.0 cm³/mol. The second kappa shape index (κ2) is 5.52. The maximum Gasteiger partial charge on any atom is 0.134 e. The van der Waals surface area contributed by atoms with Crippen molar-refractivity contribution in [2.24, 2.45) is 0 Å². The SMILES string of the molecule is COCCCc1nc(=S)c2c([nH]1)CCNC2. The molecule has 0 spiro atoms. The molecule has 0 atom stereocenters. The fourth-order valence-electron chi connectivity index (χ4n) is 1.92. The molecule has 16 heavy (non-hydrogen) atoms. The van der Waals surface area contributed by atoms with Gasteiger partial charge in [0.2, 0.25) is 0 Å². The van der Waals surface area contributed by atoms with E-state index in [1.165, 1.54) is 5.69 Å². The van der Waals surface area contributed by atoms with Crippen LogP contribution < -0.4 is 5.32 Å². The van der Waals surface area contributed by atoms with Crippen LogP contribution in [0.1, 0.15) is 23.5 Å². The molecule has 88 valence electrons. The van der Waals surface area contributed by atoms with Crippen molar-refractivity contribution in [1.29, 1.82) is 0 Å². The minimum absolute atomic E-state index is 0.744. The Morgan fingerprint density at radius 1 is 1.50 bits per heavy atom. The Hall–Kier alpha value is -0.780. The van der Waals surface area contributed by atoms with Crippen LogP contribution in [0, 0.1) is 4.64 Å². The summed E-state index contributed by atoms with van der Waals surface area (Å²) in [6, 6.07) is 0. The number of aromatic amines is 1. The van der Waals surface area contributed by atoms with Crippen LogP contribution in [0.5, 0.6) is 0 Å². The van der Waals surface area contributed by atoms with E-state index < -0.39 is 0 Å². The zero-order valence-corrected chi connectivity index (χ0v) is 10.3. The third-order valence-electron chi connectivity index (χ3n) is 2.77. The predicted octanol–water partition coefficient (Wildman–Crippen LogP) is 1.36. The molecule has 5 heteroatoms. The lowest BCUT2D eigenvalue weighted by atomic mass is 10.1. The smallest absolute Gasteiger partial charge is 0.134 e. The van der Waals surface area contributed by atoms with E-state index >= 15 is 0 Å². The van der Waals surface area contributed by atoms with E-state index in [2.05, 4.69) is 15.3 Å². The number of rotatable bonds is 4. The highest BCUT2D eigenvalue weighted by Crippen LogP contribution is 2.12. The van der Waals surface area contributed by atoms with Gasteiger partial charge in [0.05, 0.1) is 0 Å². The molecule has 2 rings (SSSR count). The number of H-pyrrole nitrogens is 1. The van der Waals surface area contributed by atoms with Crippen LogP contribution in [-0.4, -0.2) is 30.2 Å². The van der Waals surface area contributed by atoms with Crippen molar-refractivity contribution in [2.75, 3.05) is 20.3 Å². The molecular weight excluding hydrogens is 222 g/mol. The molecule has 0 radical (unpaired) electrons. The van der Waals surface area contributed by atoms with Crippen LogP contribution in [0.3, 0.4) is 0 Å². The lowest BCUT2D eigenvalue weighted by Crippen LogP contribution is -2.26. The molecule has 0 amide bonds. The van der Waals surface area contributed by atoms with E-state index in [0.717, 1.165) is 55.0 Å². The third-order valence-corrected chi connectivity index (χ3v) is 3.11. The second-order valence-electron chi connectivity index (χ2n) is 3.97. The fraction of sp³-hybridized carbons (Fsp3) is 0.636. The molecule has 1 aromatic heterocycles. The average Bonchev–Trinajstić information content (AvgIpc) is 2.30. The maximum atomic E-state index is 5.30. The number of nitrogens with one attached hydrogen (secondary N) is 2. The highest BCUT2D eigenvalue weighted by molar-refractivity contribution is 7.71. The van der Waals surface area contributed by atoms with Crippen molar-refractivity contribution in [3.8, 4) is 0 Å². The molecule has 1 aliphatic heterocycles. The Kier molecular flexibility index (Phi) is 4.04. The zero-order valence-electron chi connectivity index (χ0n) is 9.51. The number of nitrogens with zero attached hydrogens (tertiary/aromatic N) is 1. The van der Waals surface area contributed by atoms with Crippen molar-refractivity contribution < 1.29 is 4.74 Å².